The van der Waals surface area contributed by atoms with Crippen molar-refractivity contribution >= 4 is 0 Å². The van der Waals surface area contributed by atoms with Crippen LogP contribution in [0.1, 0.15) is 20.3 Å². The summed E-state index contributed by atoms with van der Waals surface area (Å²) in [5.74, 6) is 1.80. The molecule has 72 valence electrons. The largest absolute Gasteiger partial charge is 0.320 e. The Labute approximate surface area is 76.3 Å². The Morgan fingerprint density at radius 1 is 1.42 bits per heavy atom. The van der Waals surface area contributed by atoms with E-state index in [0.29, 0.717) is 0 Å². The van der Waals surface area contributed by atoms with Crippen molar-refractivity contribution in [2.24, 2.45) is 11.8 Å². The monoisotopic (exact) mass is 170 g/mol. The molecule has 12 heavy (non-hydrogen) atoms. The van der Waals surface area contributed by atoms with Crippen molar-refractivity contribution in [1.29, 1.82) is 0 Å². The maximum atomic E-state index is 3.20. The van der Waals surface area contributed by atoms with Crippen molar-refractivity contribution in [3.63, 3.8) is 0 Å². The fraction of sp³-hybridized carbons (Fsp3) is 1.00. The van der Waals surface area contributed by atoms with Crippen molar-refractivity contribution in [2.75, 3.05) is 33.2 Å². The highest BCUT2D eigenvalue weighted by atomic mass is 15.2. The minimum Gasteiger partial charge on any atom is -0.320 e. The van der Waals surface area contributed by atoms with E-state index < -0.39 is 0 Å². The van der Waals surface area contributed by atoms with E-state index in [9.17, 15) is 0 Å². The van der Waals surface area contributed by atoms with Crippen LogP contribution in [-0.2, 0) is 0 Å². The Kier molecular flexibility index (Phi) is 4.02. The van der Waals surface area contributed by atoms with Gasteiger partial charge in [-0.05, 0) is 31.8 Å². The predicted octanol–water partition coefficient (Wildman–Crippen LogP) is 1.18. The molecule has 0 aromatic carbocycles. The second kappa shape index (κ2) is 4.83. The highest BCUT2D eigenvalue weighted by Crippen LogP contribution is 2.19. The molecule has 0 aromatic heterocycles. The average Bonchev–Trinajstić information content (AvgIpc) is 1.93. The fourth-order valence-corrected chi connectivity index (χ4v) is 1.87. The topological polar surface area (TPSA) is 15.3 Å². The second-order valence-electron chi connectivity index (χ2n) is 4.37. The molecule has 0 saturated carbocycles. The van der Waals surface area contributed by atoms with Gasteiger partial charge in [0.25, 0.3) is 0 Å². The van der Waals surface area contributed by atoms with Crippen molar-refractivity contribution in [1.82, 2.24) is 10.2 Å². The van der Waals surface area contributed by atoms with E-state index in [0.717, 1.165) is 11.8 Å². The molecule has 0 spiro atoms. The Balaban J connectivity index is 1.96. The van der Waals surface area contributed by atoms with Gasteiger partial charge in [0.15, 0.2) is 0 Å². The number of hydrogen-bond donors (Lipinski definition) is 1. The van der Waals surface area contributed by atoms with Gasteiger partial charge in [-0.25, -0.2) is 0 Å². The molecule has 0 amide bonds. The standard InChI is InChI=1S/C10H22N2/c1-9(2)6-12-7-10(8-12)4-5-11-3/h9-11H,4-8H2,1-3H3. The van der Waals surface area contributed by atoms with Crippen LogP contribution in [0.3, 0.4) is 0 Å². The van der Waals surface area contributed by atoms with E-state index in [1.165, 1.54) is 32.6 Å². The third kappa shape index (κ3) is 3.11. The van der Waals surface area contributed by atoms with E-state index in [1.54, 1.807) is 0 Å². The summed E-state index contributed by atoms with van der Waals surface area (Å²) in [4.78, 5) is 2.56. The molecule has 1 rings (SSSR count). The van der Waals surface area contributed by atoms with Crippen molar-refractivity contribution in [3.05, 3.63) is 0 Å². The summed E-state index contributed by atoms with van der Waals surface area (Å²) in [6.45, 7) is 9.72. The molecule has 2 heteroatoms. The first kappa shape index (κ1) is 10.0. The molecule has 1 aliphatic heterocycles. The molecule has 0 aliphatic carbocycles. The maximum Gasteiger partial charge on any atom is 0.00226 e. The Hall–Kier alpha value is -0.0800. The number of rotatable bonds is 5. The summed E-state index contributed by atoms with van der Waals surface area (Å²) in [6.07, 6.45) is 1.35. The second-order valence-corrected chi connectivity index (χ2v) is 4.37. The van der Waals surface area contributed by atoms with Crippen LogP contribution >= 0.6 is 0 Å². The van der Waals surface area contributed by atoms with Crippen LogP contribution in [0.25, 0.3) is 0 Å². The molecule has 2 nitrogen and oxygen atoms in total. The Morgan fingerprint density at radius 2 is 2.08 bits per heavy atom. The molecule has 0 bridgehead atoms. The lowest BCUT2D eigenvalue weighted by Crippen LogP contribution is -2.48. The Bertz CT molecular complexity index is 117. The minimum absolute atomic E-state index is 0.829. The highest BCUT2D eigenvalue weighted by molar-refractivity contribution is 4.80. The average molecular weight is 170 g/mol. The number of hydrogen-bond acceptors (Lipinski definition) is 2. The number of nitrogens with one attached hydrogen (secondary N) is 1. The summed E-state index contributed by atoms with van der Waals surface area (Å²) in [5, 5.41) is 3.20. The molecular formula is C10H22N2. The van der Waals surface area contributed by atoms with E-state index in [2.05, 4.69) is 24.1 Å². The van der Waals surface area contributed by atoms with Crippen LogP contribution in [0.15, 0.2) is 0 Å². The molecular weight excluding hydrogens is 148 g/mol. The van der Waals surface area contributed by atoms with Gasteiger partial charge in [-0.2, -0.15) is 0 Å². The van der Waals surface area contributed by atoms with Crippen LogP contribution < -0.4 is 5.32 Å². The SMILES string of the molecule is CNCCC1CN(CC(C)C)C1. The zero-order chi connectivity index (χ0) is 8.97. The van der Waals surface area contributed by atoms with Crippen LogP contribution in [0.2, 0.25) is 0 Å². The number of likely N-dealkylation sites (tertiary alicyclic amines) is 1. The van der Waals surface area contributed by atoms with Crippen LogP contribution in [0.5, 0.6) is 0 Å². The molecule has 1 N–H and O–H groups in total. The molecule has 0 radical (unpaired) electrons. The molecule has 0 aromatic rings. The van der Waals surface area contributed by atoms with E-state index in [-0.39, 0.29) is 0 Å². The van der Waals surface area contributed by atoms with Crippen LogP contribution in [-0.4, -0.2) is 38.1 Å². The van der Waals surface area contributed by atoms with Gasteiger partial charge in [0.1, 0.15) is 0 Å². The molecule has 1 heterocycles. The normalized spacial score (nSPS) is 20.0. The van der Waals surface area contributed by atoms with E-state index in [4.69, 9.17) is 0 Å². The first-order valence-corrected chi connectivity index (χ1v) is 5.09. The zero-order valence-electron chi connectivity index (χ0n) is 8.64. The summed E-state index contributed by atoms with van der Waals surface area (Å²) in [7, 11) is 2.03. The van der Waals surface area contributed by atoms with Gasteiger partial charge >= 0.3 is 0 Å². The third-order valence-electron chi connectivity index (χ3n) is 2.46. The summed E-state index contributed by atoms with van der Waals surface area (Å²) < 4.78 is 0. The first-order chi connectivity index (χ1) is 5.72. The molecule has 1 saturated heterocycles. The lowest BCUT2D eigenvalue weighted by molar-refractivity contribution is 0.0820. The van der Waals surface area contributed by atoms with E-state index in [1.807, 2.05) is 7.05 Å². The van der Waals surface area contributed by atoms with Crippen LogP contribution in [0.4, 0.5) is 0 Å². The lowest BCUT2D eigenvalue weighted by atomic mass is 9.95. The third-order valence-corrected chi connectivity index (χ3v) is 2.46. The molecule has 0 atom stereocenters. The van der Waals surface area contributed by atoms with Gasteiger partial charge in [0.05, 0.1) is 0 Å². The van der Waals surface area contributed by atoms with E-state index >= 15 is 0 Å². The van der Waals surface area contributed by atoms with Crippen molar-refractivity contribution in [2.45, 2.75) is 20.3 Å². The van der Waals surface area contributed by atoms with Gasteiger partial charge in [-0.3, -0.25) is 0 Å². The smallest absolute Gasteiger partial charge is 0.00226 e. The lowest BCUT2D eigenvalue weighted by Gasteiger charge is -2.40. The predicted molar refractivity (Wildman–Crippen MR) is 53.3 cm³/mol. The van der Waals surface area contributed by atoms with Gasteiger partial charge in [-0.1, -0.05) is 13.8 Å². The fourth-order valence-electron chi connectivity index (χ4n) is 1.87. The summed E-state index contributed by atoms with van der Waals surface area (Å²) in [6, 6.07) is 0. The van der Waals surface area contributed by atoms with Gasteiger partial charge in [-0.15, -0.1) is 0 Å². The first-order valence-electron chi connectivity index (χ1n) is 5.09. The highest BCUT2D eigenvalue weighted by Gasteiger charge is 2.25. The zero-order valence-corrected chi connectivity index (χ0v) is 8.64. The van der Waals surface area contributed by atoms with Gasteiger partial charge in [0, 0.05) is 19.6 Å². The van der Waals surface area contributed by atoms with Crippen molar-refractivity contribution < 1.29 is 0 Å². The summed E-state index contributed by atoms with van der Waals surface area (Å²) >= 11 is 0. The number of nitrogens with zero attached hydrogens (tertiary/aromatic N) is 1. The Morgan fingerprint density at radius 3 is 2.58 bits per heavy atom. The van der Waals surface area contributed by atoms with Gasteiger partial charge < -0.3 is 10.2 Å². The maximum absolute atomic E-state index is 3.20. The van der Waals surface area contributed by atoms with Gasteiger partial charge in [0.2, 0.25) is 0 Å². The minimum atomic E-state index is 0.829. The quantitative estimate of drug-likeness (QED) is 0.666. The molecule has 0 unspecified atom stereocenters. The molecule has 1 fully saturated rings. The van der Waals surface area contributed by atoms with Crippen LogP contribution in [0, 0.1) is 11.8 Å². The van der Waals surface area contributed by atoms with Crippen molar-refractivity contribution in [3.8, 4) is 0 Å². The summed E-state index contributed by atoms with van der Waals surface area (Å²) in [5.41, 5.74) is 0. The molecule has 1 aliphatic rings.